The van der Waals surface area contributed by atoms with Crippen LogP contribution in [-0.2, 0) is 10.2 Å². The lowest BCUT2D eigenvalue weighted by Crippen LogP contribution is -2.50. The highest BCUT2D eigenvalue weighted by Crippen LogP contribution is 2.27. The number of aliphatic hydroxyl groups is 1. The summed E-state index contributed by atoms with van der Waals surface area (Å²) in [6.45, 7) is 3.80. The molecule has 1 saturated carbocycles. The Kier molecular flexibility index (Phi) is 4.88. The highest BCUT2D eigenvalue weighted by Gasteiger charge is 2.33. The first-order valence-electron chi connectivity index (χ1n) is 7.58. The monoisotopic (exact) mass is 291 g/mol. The van der Waals surface area contributed by atoms with Gasteiger partial charge in [-0.05, 0) is 44.4 Å². The van der Waals surface area contributed by atoms with E-state index in [0.717, 1.165) is 37.0 Å². The predicted molar refractivity (Wildman–Crippen MR) is 82.4 cm³/mol. The molecule has 0 heterocycles. The molecule has 1 aromatic rings. The second-order valence-electron chi connectivity index (χ2n) is 6.29. The first kappa shape index (κ1) is 15.8. The van der Waals surface area contributed by atoms with Crippen molar-refractivity contribution in [2.24, 2.45) is 0 Å². The molecule has 0 aromatic heterocycles. The zero-order valence-electron chi connectivity index (χ0n) is 13.1. The number of hydrogen-bond acceptors (Lipinski definition) is 3. The molecule has 0 aliphatic heterocycles. The minimum Gasteiger partial charge on any atom is -0.497 e. The normalized spacial score (nSPS) is 22.7. The molecule has 1 aliphatic rings. The first-order chi connectivity index (χ1) is 9.95. The number of rotatable bonds is 4. The van der Waals surface area contributed by atoms with Crippen LogP contribution in [0.3, 0.4) is 0 Å². The molecule has 1 aliphatic carbocycles. The maximum absolute atomic E-state index is 12.6. The number of ether oxygens (including phenoxy) is 1. The van der Waals surface area contributed by atoms with Gasteiger partial charge < -0.3 is 15.2 Å². The van der Waals surface area contributed by atoms with Crippen LogP contribution in [0.5, 0.6) is 5.75 Å². The van der Waals surface area contributed by atoms with E-state index in [1.165, 1.54) is 0 Å². The summed E-state index contributed by atoms with van der Waals surface area (Å²) in [5, 5.41) is 13.0. The van der Waals surface area contributed by atoms with Crippen molar-refractivity contribution in [3.05, 3.63) is 29.8 Å². The van der Waals surface area contributed by atoms with Crippen LogP contribution >= 0.6 is 0 Å². The Bertz CT molecular complexity index is 481. The van der Waals surface area contributed by atoms with Crippen molar-refractivity contribution < 1.29 is 14.6 Å². The van der Waals surface area contributed by atoms with Crippen molar-refractivity contribution in [1.82, 2.24) is 5.32 Å². The summed E-state index contributed by atoms with van der Waals surface area (Å²) in [5.41, 5.74) is 0.301. The second kappa shape index (κ2) is 6.48. The van der Waals surface area contributed by atoms with Crippen LogP contribution in [0, 0.1) is 0 Å². The number of carbonyl (C=O) groups excluding carboxylic acids is 1. The molecule has 4 nitrogen and oxygen atoms in total. The van der Waals surface area contributed by atoms with E-state index in [0.29, 0.717) is 0 Å². The lowest BCUT2D eigenvalue weighted by Gasteiger charge is -2.32. The van der Waals surface area contributed by atoms with Crippen LogP contribution in [0.2, 0.25) is 0 Å². The second-order valence-corrected chi connectivity index (χ2v) is 6.29. The predicted octanol–water partition coefficient (Wildman–Crippen LogP) is 2.39. The summed E-state index contributed by atoms with van der Waals surface area (Å²) in [5.74, 6) is 0.733. The van der Waals surface area contributed by atoms with E-state index in [4.69, 9.17) is 4.74 Å². The van der Waals surface area contributed by atoms with Crippen molar-refractivity contribution >= 4 is 5.91 Å². The number of amides is 1. The number of benzene rings is 1. The molecule has 1 aromatic carbocycles. The van der Waals surface area contributed by atoms with Crippen LogP contribution in [0.1, 0.15) is 45.1 Å². The zero-order chi connectivity index (χ0) is 15.5. The number of carbonyl (C=O) groups is 1. The van der Waals surface area contributed by atoms with Crippen LogP contribution in [0.25, 0.3) is 0 Å². The van der Waals surface area contributed by atoms with Crippen LogP contribution in [-0.4, -0.2) is 30.3 Å². The quantitative estimate of drug-likeness (QED) is 0.895. The maximum Gasteiger partial charge on any atom is 0.230 e. The Morgan fingerprint density at radius 2 is 1.86 bits per heavy atom. The van der Waals surface area contributed by atoms with E-state index in [2.05, 4.69) is 5.32 Å². The summed E-state index contributed by atoms with van der Waals surface area (Å²) in [4.78, 5) is 12.6. The minimum atomic E-state index is -0.635. The van der Waals surface area contributed by atoms with Gasteiger partial charge in [-0.3, -0.25) is 4.79 Å². The molecular weight excluding hydrogens is 266 g/mol. The van der Waals surface area contributed by atoms with Gasteiger partial charge in [0.1, 0.15) is 5.75 Å². The third kappa shape index (κ3) is 3.56. The fraction of sp³-hybridized carbons (Fsp3) is 0.588. The van der Waals surface area contributed by atoms with Gasteiger partial charge in [0, 0.05) is 0 Å². The van der Waals surface area contributed by atoms with Gasteiger partial charge in [0.2, 0.25) is 5.91 Å². The Labute approximate surface area is 126 Å². The lowest BCUT2D eigenvalue weighted by molar-refractivity contribution is -0.127. The van der Waals surface area contributed by atoms with Gasteiger partial charge in [0.15, 0.2) is 0 Å². The van der Waals surface area contributed by atoms with E-state index >= 15 is 0 Å². The van der Waals surface area contributed by atoms with Crippen LogP contribution < -0.4 is 10.1 Å². The standard InChI is InChI=1S/C17H25NO3/c1-17(2,12-8-10-13(21-3)11-9-12)16(20)18-14-6-4-5-7-15(14)19/h8-11,14-15,19H,4-7H2,1-3H3,(H,18,20). The van der Waals surface area contributed by atoms with Crippen LogP contribution in [0.4, 0.5) is 0 Å². The zero-order valence-corrected chi connectivity index (χ0v) is 13.1. The first-order valence-corrected chi connectivity index (χ1v) is 7.58. The van der Waals surface area contributed by atoms with E-state index in [-0.39, 0.29) is 11.9 Å². The fourth-order valence-electron chi connectivity index (χ4n) is 2.77. The van der Waals surface area contributed by atoms with Gasteiger partial charge >= 0.3 is 0 Å². The molecule has 2 N–H and O–H groups in total. The van der Waals surface area contributed by atoms with E-state index < -0.39 is 11.5 Å². The van der Waals surface area contributed by atoms with Gasteiger partial charge in [-0.2, -0.15) is 0 Å². The van der Waals surface area contributed by atoms with Crippen molar-refractivity contribution in [3.63, 3.8) is 0 Å². The summed E-state index contributed by atoms with van der Waals surface area (Å²) >= 11 is 0. The van der Waals surface area contributed by atoms with Crippen molar-refractivity contribution in [3.8, 4) is 5.75 Å². The Balaban J connectivity index is 2.08. The van der Waals surface area contributed by atoms with Gasteiger partial charge in [-0.1, -0.05) is 25.0 Å². The molecule has 0 radical (unpaired) electrons. The average Bonchev–Trinajstić information content (AvgIpc) is 2.49. The third-order valence-electron chi connectivity index (χ3n) is 4.43. The molecule has 0 spiro atoms. The summed E-state index contributed by atoms with van der Waals surface area (Å²) in [7, 11) is 1.62. The molecule has 1 amide bonds. The molecule has 116 valence electrons. The van der Waals surface area contributed by atoms with Gasteiger partial charge in [0.05, 0.1) is 24.7 Å². The molecule has 2 atom stereocenters. The van der Waals surface area contributed by atoms with Crippen molar-refractivity contribution in [2.45, 2.75) is 57.1 Å². The van der Waals surface area contributed by atoms with Gasteiger partial charge in [-0.15, -0.1) is 0 Å². The molecule has 21 heavy (non-hydrogen) atoms. The molecule has 4 heteroatoms. The SMILES string of the molecule is COc1ccc(C(C)(C)C(=O)NC2CCCCC2O)cc1. The topological polar surface area (TPSA) is 58.6 Å². The van der Waals surface area contributed by atoms with Crippen molar-refractivity contribution in [1.29, 1.82) is 0 Å². The van der Waals surface area contributed by atoms with E-state index in [1.807, 2.05) is 38.1 Å². The summed E-state index contributed by atoms with van der Waals surface area (Å²) < 4.78 is 5.14. The molecule has 2 rings (SSSR count). The molecule has 0 bridgehead atoms. The minimum absolute atomic E-state index is 0.0429. The van der Waals surface area contributed by atoms with Gasteiger partial charge in [0.25, 0.3) is 0 Å². The largest absolute Gasteiger partial charge is 0.497 e. The van der Waals surface area contributed by atoms with E-state index in [1.54, 1.807) is 7.11 Å². The van der Waals surface area contributed by atoms with Crippen LogP contribution in [0.15, 0.2) is 24.3 Å². The highest BCUT2D eigenvalue weighted by atomic mass is 16.5. The highest BCUT2D eigenvalue weighted by molar-refractivity contribution is 5.87. The summed E-state index contributed by atoms with van der Waals surface area (Å²) in [6, 6.07) is 7.43. The van der Waals surface area contributed by atoms with Gasteiger partial charge in [-0.25, -0.2) is 0 Å². The van der Waals surface area contributed by atoms with E-state index in [9.17, 15) is 9.90 Å². The number of aliphatic hydroxyl groups excluding tert-OH is 1. The molecule has 2 unspecified atom stereocenters. The number of hydrogen-bond donors (Lipinski definition) is 2. The lowest BCUT2D eigenvalue weighted by atomic mass is 9.82. The molecule has 0 saturated heterocycles. The smallest absolute Gasteiger partial charge is 0.230 e. The molecular formula is C17H25NO3. The third-order valence-corrected chi connectivity index (χ3v) is 4.43. The molecule has 1 fully saturated rings. The average molecular weight is 291 g/mol. The fourth-order valence-corrected chi connectivity index (χ4v) is 2.77. The van der Waals surface area contributed by atoms with Crippen molar-refractivity contribution in [2.75, 3.05) is 7.11 Å². The Morgan fingerprint density at radius 3 is 2.43 bits per heavy atom. The Hall–Kier alpha value is -1.55. The maximum atomic E-state index is 12.6. The summed E-state index contributed by atoms with van der Waals surface area (Å²) in [6.07, 6.45) is 3.30. The number of methoxy groups -OCH3 is 1. The number of nitrogens with one attached hydrogen (secondary N) is 1. The Morgan fingerprint density at radius 1 is 1.24 bits per heavy atom.